The van der Waals surface area contributed by atoms with Crippen LogP contribution in [0.5, 0.6) is 11.5 Å². The number of rotatable bonds is 7. The Balaban J connectivity index is 1.68. The van der Waals surface area contributed by atoms with E-state index in [1.54, 1.807) is 13.3 Å². The van der Waals surface area contributed by atoms with Crippen LogP contribution in [0.1, 0.15) is 56.1 Å². The van der Waals surface area contributed by atoms with Crippen LogP contribution in [0.4, 0.5) is 0 Å². The van der Waals surface area contributed by atoms with Gasteiger partial charge in [-0.25, -0.2) is 4.98 Å². The molecule has 0 spiro atoms. The van der Waals surface area contributed by atoms with Crippen LogP contribution in [0.15, 0.2) is 43.0 Å². The molecule has 4 heteroatoms. The van der Waals surface area contributed by atoms with E-state index in [0.29, 0.717) is 12.5 Å². The molecule has 0 saturated heterocycles. The molecule has 1 fully saturated rings. The van der Waals surface area contributed by atoms with Gasteiger partial charge in [0.05, 0.1) is 20.0 Å². The molecule has 0 radical (unpaired) electrons. The van der Waals surface area contributed by atoms with E-state index < -0.39 is 0 Å². The number of aromatic nitrogens is 2. The second-order valence-corrected chi connectivity index (χ2v) is 7.71. The molecule has 0 aliphatic heterocycles. The van der Waals surface area contributed by atoms with Gasteiger partial charge in [-0.15, -0.1) is 0 Å². The summed E-state index contributed by atoms with van der Waals surface area (Å²) in [6.07, 6.45) is 13.1. The smallest absolute Gasteiger partial charge is 0.130 e. The Morgan fingerprint density at radius 3 is 2.71 bits per heavy atom. The molecule has 28 heavy (non-hydrogen) atoms. The van der Waals surface area contributed by atoms with E-state index in [1.165, 1.54) is 48.6 Å². The number of hydrogen-bond acceptors (Lipinski definition) is 3. The molecule has 1 heterocycles. The van der Waals surface area contributed by atoms with Gasteiger partial charge in [0.2, 0.25) is 0 Å². The highest BCUT2D eigenvalue weighted by Crippen LogP contribution is 2.42. The van der Waals surface area contributed by atoms with Crippen molar-refractivity contribution in [3.05, 3.63) is 54.1 Å². The maximum Gasteiger partial charge on any atom is 0.130 e. The Hall–Kier alpha value is -2.49. The normalized spacial score (nSPS) is 15.1. The number of ether oxygens (including phenoxy) is 2. The van der Waals surface area contributed by atoms with Gasteiger partial charge in [0.25, 0.3) is 0 Å². The number of hydrogen-bond donors (Lipinski definition) is 0. The summed E-state index contributed by atoms with van der Waals surface area (Å²) in [7, 11) is 1.79. The fourth-order valence-corrected chi connectivity index (χ4v) is 4.42. The van der Waals surface area contributed by atoms with E-state index in [-0.39, 0.29) is 0 Å². The fraction of sp³-hybridized carbons (Fsp3) is 0.458. The molecule has 0 unspecified atom stereocenters. The number of fused-ring (bicyclic) bond motifs is 1. The van der Waals surface area contributed by atoms with Gasteiger partial charge in [-0.2, -0.15) is 0 Å². The van der Waals surface area contributed by atoms with Crippen LogP contribution in [0.2, 0.25) is 0 Å². The minimum absolute atomic E-state index is 0.615. The second kappa shape index (κ2) is 8.68. The van der Waals surface area contributed by atoms with Crippen LogP contribution in [-0.4, -0.2) is 23.3 Å². The molecule has 3 aromatic rings. The van der Waals surface area contributed by atoms with Crippen molar-refractivity contribution in [1.82, 2.24) is 9.55 Å². The Kier molecular flexibility index (Phi) is 5.84. The van der Waals surface area contributed by atoms with Crippen LogP contribution in [-0.2, 0) is 13.0 Å². The average molecular weight is 379 g/mol. The van der Waals surface area contributed by atoms with Crippen molar-refractivity contribution in [3.63, 3.8) is 0 Å². The van der Waals surface area contributed by atoms with Crippen molar-refractivity contribution >= 4 is 10.8 Å². The molecule has 4 rings (SSSR count). The van der Waals surface area contributed by atoms with Gasteiger partial charge in [0, 0.05) is 17.8 Å². The summed E-state index contributed by atoms with van der Waals surface area (Å²) < 4.78 is 14.2. The second-order valence-electron chi connectivity index (χ2n) is 7.71. The number of nitrogens with zero attached hydrogens (tertiary/aromatic N) is 2. The maximum atomic E-state index is 6.30. The Labute approximate surface area is 167 Å². The summed E-state index contributed by atoms with van der Waals surface area (Å²) in [6.45, 7) is 3.59. The highest BCUT2D eigenvalue weighted by atomic mass is 16.5. The SMILES string of the molecule is CCc1ccc2cc(C3CCCCC3)c(OC)cc2c1OCCn1ccnc1. The van der Waals surface area contributed by atoms with Gasteiger partial charge in [0.1, 0.15) is 18.1 Å². The van der Waals surface area contributed by atoms with Gasteiger partial charge < -0.3 is 14.0 Å². The molecule has 1 aromatic heterocycles. The molecule has 1 aliphatic carbocycles. The predicted molar refractivity (Wildman–Crippen MR) is 113 cm³/mol. The maximum absolute atomic E-state index is 6.30. The molecular formula is C24H30N2O2. The molecule has 0 bridgehead atoms. The van der Waals surface area contributed by atoms with Crippen LogP contribution in [0.25, 0.3) is 10.8 Å². The summed E-state index contributed by atoms with van der Waals surface area (Å²) in [5.41, 5.74) is 2.61. The van der Waals surface area contributed by atoms with Gasteiger partial charge >= 0.3 is 0 Å². The number of methoxy groups -OCH3 is 1. The lowest BCUT2D eigenvalue weighted by Gasteiger charge is -2.25. The highest BCUT2D eigenvalue weighted by molar-refractivity contribution is 5.92. The lowest BCUT2D eigenvalue weighted by Crippen LogP contribution is -2.09. The van der Waals surface area contributed by atoms with Crippen molar-refractivity contribution in [2.45, 2.75) is 57.9 Å². The zero-order valence-corrected chi connectivity index (χ0v) is 17.0. The Bertz CT molecular complexity index is 912. The van der Waals surface area contributed by atoms with Crippen molar-refractivity contribution < 1.29 is 9.47 Å². The van der Waals surface area contributed by atoms with Crippen LogP contribution >= 0.6 is 0 Å². The average Bonchev–Trinajstić information content (AvgIpc) is 3.27. The van der Waals surface area contributed by atoms with Crippen LogP contribution in [0.3, 0.4) is 0 Å². The fourth-order valence-electron chi connectivity index (χ4n) is 4.42. The van der Waals surface area contributed by atoms with Gasteiger partial charge in [-0.3, -0.25) is 0 Å². The molecule has 4 nitrogen and oxygen atoms in total. The van der Waals surface area contributed by atoms with Crippen LogP contribution < -0.4 is 9.47 Å². The first kappa shape index (κ1) is 18.9. The van der Waals surface area contributed by atoms with E-state index in [9.17, 15) is 0 Å². The van der Waals surface area contributed by atoms with Crippen molar-refractivity contribution in [2.24, 2.45) is 0 Å². The standard InChI is InChI=1S/C24H30N2O2/c1-3-18-9-10-20-15-21(19-7-5-4-6-8-19)23(27-2)16-22(20)24(18)28-14-13-26-12-11-25-17-26/h9-12,15-17,19H,3-8,13-14H2,1-2H3. The zero-order valence-electron chi connectivity index (χ0n) is 17.0. The first-order valence-electron chi connectivity index (χ1n) is 10.5. The number of benzene rings is 2. The van der Waals surface area contributed by atoms with E-state index >= 15 is 0 Å². The third kappa shape index (κ3) is 3.87. The largest absolute Gasteiger partial charge is 0.496 e. The Morgan fingerprint density at radius 2 is 2.00 bits per heavy atom. The van der Waals surface area contributed by atoms with Crippen molar-refractivity contribution in [1.29, 1.82) is 0 Å². The quantitative estimate of drug-likeness (QED) is 0.526. The van der Waals surface area contributed by atoms with Crippen LogP contribution in [0, 0.1) is 0 Å². The summed E-state index contributed by atoms with van der Waals surface area (Å²) in [5, 5.41) is 2.40. The molecule has 2 aromatic carbocycles. The minimum atomic E-state index is 0.615. The van der Waals surface area contributed by atoms with Gasteiger partial charge in [0.15, 0.2) is 0 Å². The predicted octanol–water partition coefficient (Wildman–Crippen LogP) is 5.73. The van der Waals surface area contributed by atoms with E-state index in [1.807, 2.05) is 17.1 Å². The summed E-state index contributed by atoms with van der Waals surface area (Å²) in [4.78, 5) is 4.10. The molecule has 0 amide bonds. The molecule has 0 atom stereocenters. The molecule has 148 valence electrons. The number of imidazole rings is 1. The first-order chi connectivity index (χ1) is 13.8. The first-order valence-corrected chi connectivity index (χ1v) is 10.5. The van der Waals surface area contributed by atoms with Gasteiger partial charge in [-0.05, 0) is 53.8 Å². The molecule has 0 N–H and O–H groups in total. The van der Waals surface area contributed by atoms with Gasteiger partial charge in [-0.1, -0.05) is 38.3 Å². The topological polar surface area (TPSA) is 36.3 Å². The molecule has 1 aliphatic rings. The third-order valence-corrected chi connectivity index (χ3v) is 5.98. The lowest BCUT2D eigenvalue weighted by atomic mass is 9.82. The summed E-state index contributed by atoms with van der Waals surface area (Å²) in [5.74, 6) is 2.62. The minimum Gasteiger partial charge on any atom is -0.496 e. The summed E-state index contributed by atoms with van der Waals surface area (Å²) in [6, 6.07) is 8.99. The third-order valence-electron chi connectivity index (χ3n) is 5.98. The summed E-state index contributed by atoms with van der Waals surface area (Å²) >= 11 is 0. The van der Waals surface area contributed by atoms with Crippen molar-refractivity contribution in [3.8, 4) is 11.5 Å². The monoisotopic (exact) mass is 378 g/mol. The highest BCUT2D eigenvalue weighted by Gasteiger charge is 2.21. The van der Waals surface area contributed by atoms with E-state index in [2.05, 4.69) is 36.2 Å². The zero-order chi connectivity index (χ0) is 19.3. The number of aryl methyl sites for hydroxylation is 1. The lowest BCUT2D eigenvalue weighted by molar-refractivity contribution is 0.299. The molecular weight excluding hydrogens is 348 g/mol. The van der Waals surface area contributed by atoms with Crippen molar-refractivity contribution in [2.75, 3.05) is 13.7 Å². The van der Waals surface area contributed by atoms with E-state index in [4.69, 9.17) is 9.47 Å². The molecule has 1 saturated carbocycles. The van der Waals surface area contributed by atoms with E-state index in [0.717, 1.165) is 29.9 Å². The Morgan fingerprint density at radius 1 is 1.14 bits per heavy atom.